The molecule has 92 valence electrons. The van der Waals surface area contributed by atoms with E-state index in [2.05, 4.69) is 10.2 Å². The van der Waals surface area contributed by atoms with Gasteiger partial charge in [-0.15, -0.1) is 0 Å². The molecule has 0 spiro atoms. The predicted octanol–water partition coefficient (Wildman–Crippen LogP) is 2.96. The fourth-order valence-corrected chi connectivity index (χ4v) is 2.32. The molecule has 5 nitrogen and oxygen atoms in total. The van der Waals surface area contributed by atoms with Crippen LogP contribution in [0.25, 0.3) is 11.0 Å². The highest BCUT2D eigenvalue weighted by molar-refractivity contribution is 5.96. The first kappa shape index (κ1) is 11.0. The molecule has 0 amide bonds. The van der Waals surface area contributed by atoms with Gasteiger partial charge in [-0.25, -0.2) is 4.79 Å². The number of hydrogen-bond acceptors (Lipinski definition) is 5. The average Bonchev–Trinajstić information content (AvgIpc) is 2.38. The van der Waals surface area contributed by atoms with Crippen LogP contribution in [0.3, 0.4) is 0 Å². The average molecular weight is 244 g/mol. The zero-order valence-electron chi connectivity index (χ0n) is 10.2. The van der Waals surface area contributed by atoms with Crippen LogP contribution in [0, 0.1) is 0 Å². The lowest BCUT2D eigenvalue weighted by atomic mass is 10.0. The van der Waals surface area contributed by atoms with Gasteiger partial charge in [0.1, 0.15) is 5.69 Å². The summed E-state index contributed by atoms with van der Waals surface area (Å²) in [6, 6.07) is 3.41. The van der Waals surface area contributed by atoms with Crippen molar-refractivity contribution in [1.29, 1.82) is 0 Å². The maximum Gasteiger partial charge on any atom is 0.338 e. The van der Waals surface area contributed by atoms with Crippen LogP contribution >= 0.6 is 0 Å². The second-order valence-corrected chi connectivity index (χ2v) is 4.14. The van der Waals surface area contributed by atoms with Gasteiger partial charge in [0.25, 0.3) is 0 Å². The summed E-state index contributed by atoms with van der Waals surface area (Å²) in [4.78, 5) is 11.5. The van der Waals surface area contributed by atoms with Crippen molar-refractivity contribution in [3.8, 4) is 5.75 Å². The number of nitrogens with zero attached hydrogens (tertiary/aromatic N) is 2. The zero-order chi connectivity index (χ0) is 12.7. The molecular weight excluding hydrogens is 232 g/mol. The van der Waals surface area contributed by atoms with Crippen LogP contribution in [0.1, 0.15) is 18.1 Å². The summed E-state index contributed by atoms with van der Waals surface area (Å²) in [5.74, 6) is 0.618. The molecule has 18 heavy (non-hydrogen) atoms. The van der Waals surface area contributed by atoms with Gasteiger partial charge in [-0.05, 0) is 23.6 Å². The molecule has 0 saturated heterocycles. The third-order valence-electron chi connectivity index (χ3n) is 3.11. The lowest BCUT2D eigenvalue weighted by molar-refractivity contribution is 0.402. The van der Waals surface area contributed by atoms with Gasteiger partial charge in [0.15, 0.2) is 11.3 Å². The second-order valence-electron chi connectivity index (χ2n) is 4.14. The Bertz CT molecular complexity index is 716. The molecule has 2 aromatic rings. The number of benzene rings is 1. The zero-order valence-corrected chi connectivity index (χ0v) is 10.2. The number of ether oxygens (including phenoxy) is 1. The molecule has 0 fully saturated rings. The molecule has 0 radical (unpaired) electrons. The molecule has 3 rings (SSSR count). The molecule has 1 aliphatic rings. The van der Waals surface area contributed by atoms with Crippen molar-refractivity contribution in [2.24, 2.45) is 10.2 Å². The molecule has 1 aliphatic heterocycles. The highest BCUT2D eigenvalue weighted by atomic mass is 16.5. The van der Waals surface area contributed by atoms with E-state index in [4.69, 9.17) is 9.15 Å². The van der Waals surface area contributed by atoms with Gasteiger partial charge >= 0.3 is 5.63 Å². The van der Waals surface area contributed by atoms with Gasteiger partial charge < -0.3 is 9.15 Å². The molecule has 2 heterocycles. The summed E-state index contributed by atoms with van der Waals surface area (Å²) in [7, 11) is 1.58. The molecule has 0 aliphatic carbocycles. The highest BCUT2D eigenvalue weighted by Gasteiger charge is 2.20. The second kappa shape index (κ2) is 3.94. The number of methoxy groups -OCH3 is 1. The summed E-state index contributed by atoms with van der Waals surface area (Å²) in [6.45, 7) is 2.54. The fraction of sp³-hybridized carbons (Fsp3) is 0.308. The Morgan fingerprint density at radius 2 is 2.28 bits per heavy atom. The lowest BCUT2D eigenvalue weighted by Crippen LogP contribution is -2.03. The van der Waals surface area contributed by atoms with Crippen LogP contribution in [0.15, 0.2) is 31.6 Å². The number of aryl methyl sites for hydroxylation is 1. The van der Waals surface area contributed by atoms with E-state index < -0.39 is 5.63 Å². The van der Waals surface area contributed by atoms with E-state index in [1.165, 1.54) is 6.07 Å². The van der Waals surface area contributed by atoms with E-state index >= 15 is 0 Å². The summed E-state index contributed by atoms with van der Waals surface area (Å²) < 4.78 is 10.7. The summed E-state index contributed by atoms with van der Waals surface area (Å²) >= 11 is 0. The Hall–Kier alpha value is -2.17. The summed E-state index contributed by atoms with van der Waals surface area (Å²) in [6.07, 6.45) is 0.803. The van der Waals surface area contributed by atoms with Crippen LogP contribution in [-0.4, -0.2) is 7.11 Å². The van der Waals surface area contributed by atoms with E-state index in [0.717, 1.165) is 22.9 Å². The Morgan fingerprint density at radius 1 is 1.44 bits per heavy atom. The first-order chi connectivity index (χ1) is 8.74. The van der Waals surface area contributed by atoms with E-state index in [1.54, 1.807) is 7.11 Å². The van der Waals surface area contributed by atoms with Crippen LogP contribution < -0.4 is 10.4 Å². The van der Waals surface area contributed by atoms with E-state index in [1.807, 2.05) is 13.0 Å². The Balaban J connectivity index is 2.52. The summed E-state index contributed by atoms with van der Waals surface area (Å²) in [5.41, 5.74) is 2.64. The van der Waals surface area contributed by atoms with E-state index in [9.17, 15) is 4.79 Å². The van der Waals surface area contributed by atoms with Crippen molar-refractivity contribution in [1.82, 2.24) is 0 Å². The van der Waals surface area contributed by atoms with Gasteiger partial charge in [0.05, 0.1) is 25.1 Å². The van der Waals surface area contributed by atoms with Crippen LogP contribution in [0.2, 0.25) is 0 Å². The topological polar surface area (TPSA) is 64.2 Å². The summed E-state index contributed by atoms with van der Waals surface area (Å²) in [5, 5.41) is 8.86. The molecule has 0 N–H and O–H groups in total. The Labute approximate surface area is 103 Å². The van der Waals surface area contributed by atoms with Gasteiger partial charge in [0, 0.05) is 0 Å². The van der Waals surface area contributed by atoms with Gasteiger partial charge in [-0.3, -0.25) is 0 Å². The van der Waals surface area contributed by atoms with E-state index in [0.29, 0.717) is 23.6 Å². The maximum absolute atomic E-state index is 11.5. The Morgan fingerprint density at radius 3 is 3.00 bits per heavy atom. The number of hydrogen-bond donors (Lipinski definition) is 0. The highest BCUT2D eigenvalue weighted by Crippen LogP contribution is 2.39. The minimum atomic E-state index is -0.434. The monoisotopic (exact) mass is 244 g/mol. The van der Waals surface area contributed by atoms with Crippen LogP contribution in [0.5, 0.6) is 5.75 Å². The predicted molar refractivity (Wildman–Crippen MR) is 66.6 cm³/mol. The van der Waals surface area contributed by atoms with Gasteiger partial charge in [-0.2, -0.15) is 10.2 Å². The smallest absolute Gasteiger partial charge is 0.338 e. The molecule has 0 bridgehead atoms. The molecule has 5 heteroatoms. The first-order valence-corrected chi connectivity index (χ1v) is 5.78. The first-order valence-electron chi connectivity index (χ1n) is 5.78. The quantitative estimate of drug-likeness (QED) is 0.763. The molecule has 0 atom stereocenters. The van der Waals surface area contributed by atoms with Crippen LogP contribution in [0.4, 0.5) is 5.69 Å². The fourth-order valence-electron chi connectivity index (χ4n) is 2.32. The molecule has 0 unspecified atom stereocenters. The number of azo groups is 1. The Kier molecular flexibility index (Phi) is 2.40. The molecule has 1 aromatic carbocycles. The lowest BCUT2D eigenvalue weighted by Gasteiger charge is -2.15. The van der Waals surface area contributed by atoms with Crippen molar-refractivity contribution in [2.75, 3.05) is 7.11 Å². The van der Waals surface area contributed by atoms with E-state index in [-0.39, 0.29) is 0 Å². The largest absolute Gasteiger partial charge is 0.493 e. The van der Waals surface area contributed by atoms with Gasteiger partial charge in [-0.1, -0.05) is 6.92 Å². The molecule has 0 saturated carbocycles. The number of rotatable bonds is 2. The molecule has 1 aromatic heterocycles. The van der Waals surface area contributed by atoms with Crippen molar-refractivity contribution >= 4 is 16.7 Å². The molecular formula is C13H12N2O3. The minimum absolute atomic E-state index is 0.434. The van der Waals surface area contributed by atoms with Crippen molar-refractivity contribution in [2.45, 2.75) is 19.9 Å². The standard InChI is InChI=1S/C13H12N2O3/c1-3-7-4-8-6-14-15-9-5-10(16)18-13(11(8)9)12(7)17-2/h4-5H,3,6H2,1-2H3. The van der Waals surface area contributed by atoms with Gasteiger partial charge in [0.2, 0.25) is 0 Å². The maximum atomic E-state index is 11.5. The van der Waals surface area contributed by atoms with Crippen molar-refractivity contribution < 1.29 is 9.15 Å². The normalized spacial score (nSPS) is 13.0. The van der Waals surface area contributed by atoms with Crippen LogP contribution in [-0.2, 0) is 13.0 Å². The van der Waals surface area contributed by atoms with Crippen molar-refractivity contribution in [3.63, 3.8) is 0 Å². The minimum Gasteiger partial charge on any atom is -0.493 e. The van der Waals surface area contributed by atoms with Crippen molar-refractivity contribution in [3.05, 3.63) is 33.7 Å². The third kappa shape index (κ3) is 1.44. The third-order valence-corrected chi connectivity index (χ3v) is 3.11. The SMILES string of the molecule is CCc1cc2c3c(cc(=O)oc3c1OC)N=NC2.